The van der Waals surface area contributed by atoms with Crippen LogP contribution in [0.4, 0.5) is 0 Å². The van der Waals surface area contributed by atoms with Crippen LogP contribution in [0, 0.1) is 5.92 Å². The van der Waals surface area contributed by atoms with Gasteiger partial charge in [0.05, 0.1) is 0 Å². The minimum absolute atomic E-state index is 0.157. The second kappa shape index (κ2) is 6.32. The highest BCUT2D eigenvalue weighted by atomic mass is 32.2. The molecule has 1 aliphatic rings. The normalized spacial score (nSPS) is 22.4. The number of carbonyl (C=O) groups is 1. The Morgan fingerprint density at radius 2 is 2.12 bits per heavy atom. The van der Waals surface area contributed by atoms with Gasteiger partial charge < -0.3 is 5.32 Å². The minimum atomic E-state index is -3.38. The molecule has 1 atom stereocenters. The van der Waals surface area contributed by atoms with Gasteiger partial charge in [0.15, 0.2) is 0 Å². The lowest BCUT2D eigenvalue weighted by Crippen LogP contribution is -2.47. The summed E-state index contributed by atoms with van der Waals surface area (Å²) in [6, 6.07) is 0. The smallest absolute Gasteiger partial charge is 0.279 e. The highest BCUT2D eigenvalue weighted by Crippen LogP contribution is 2.17. The number of piperidine rings is 1. The molecule has 1 heterocycles. The van der Waals surface area contributed by atoms with E-state index in [0.717, 1.165) is 12.8 Å². The molecular weight excluding hydrogens is 242 g/mol. The van der Waals surface area contributed by atoms with E-state index in [1.807, 2.05) is 0 Å². The van der Waals surface area contributed by atoms with Gasteiger partial charge >= 0.3 is 0 Å². The predicted octanol–water partition coefficient (Wildman–Crippen LogP) is -0.311. The fraction of sp³-hybridized carbons (Fsp3) is 0.900. The first-order chi connectivity index (χ1) is 7.92. The third-order valence-electron chi connectivity index (χ3n) is 2.74. The maximum Gasteiger partial charge on any atom is 0.279 e. The molecule has 100 valence electrons. The lowest BCUT2D eigenvalue weighted by Gasteiger charge is -2.29. The van der Waals surface area contributed by atoms with Crippen molar-refractivity contribution in [2.45, 2.75) is 26.7 Å². The average Bonchev–Trinajstić information content (AvgIpc) is 2.24. The van der Waals surface area contributed by atoms with Crippen molar-refractivity contribution in [2.24, 2.45) is 5.92 Å². The molecule has 0 spiro atoms. The molecule has 0 saturated carbocycles. The van der Waals surface area contributed by atoms with E-state index in [0.29, 0.717) is 25.6 Å². The number of rotatable bonds is 5. The molecule has 0 aromatic rings. The number of hydrogen-bond acceptors (Lipinski definition) is 3. The Hall–Kier alpha value is -0.660. The van der Waals surface area contributed by atoms with Crippen molar-refractivity contribution in [2.75, 3.05) is 26.2 Å². The van der Waals surface area contributed by atoms with Crippen molar-refractivity contribution >= 4 is 16.1 Å². The number of nitrogens with zero attached hydrogens (tertiary/aromatic N) is 1. The summed E-state index contributed by atoms with van der Waals surface area (Å²) in [6.07, 6.45) is 1.99. The monoisotopic (exact) mass is 263 g/mol. The number of nitrogens with one attached hydrogen (secondary N) is 2. The zero-order chi connectivity index (χ0) is 12.9. The summed E-state index contributed by atoms with van der Waals surface area (Å²) in [5.74, 6) is 0.256. The molecule has 6 nitrogen and oxygen atoms in total. The van der Waals surface area contributed by atoms with E-state index in [9.17, 15) is 13.2 Å². The van der Waals surface area contributed by atoms with Crippen LogP contribution in [0.5, 0.6) is 0 Å². The molecule has 0 aliphatic carbocycles. The average molecular weight is 263 g/mol. The minimum Gasteiger partial charge on any atom is -0.355 e. The van der Waals surface area contributed by atoms with Crippen LogP contribution in [-0.4, -0.2) is 44.8 Å². The van der Waals surface area contributed by atoms with Crippen LogP contribution >= 0.6 is 0 Å². The molecule has 1 rings (SSSR count). The van der Waals surface area contributed by atoms with E-state index < -0.39 is 10.2 Å². The van der Waals surface area contributed by atoms with Gasteiger partial charge in [-0.15, -0.1) is 0 Å². The molecule has 0 bridgehead atoms. The van der Waals surface area contributed by atoms with Gasteiger partial charge in [-0.25, -0.2) is 4.72 Å². The molecule has 7 heteroatoms. The van der Waals surface area contributed by atoms with E-state index in [4.69, 9.17) is 0 Å². The topological polar surface area (TPSA) is 78.5 Å². The lowest BCUT2D eigenvalue weighted by atomic mass is 10.0. The molecule has 1 amide bonds. The van der Waals surface area contributed by atoms with Gasteiger partial charge in [-0.1, -0.05) is 6.92 Å². The third-order valence-corrected chi connectivity index (χ3v) is 4.32. The van der Waals surface area contributed by atoms with Crippen LogP contribution in [-0.2, 0) is 15.0 Å². The maximum absolute atomic E-state index is 11.9. The van der Waals surface area contributed by atoms with Crippen molar-refractivity contribution in [3.8, 4) is 0 Å². The van der Waals surface area contributed by atoms with Crippen LogP contribution in [0.15, 0.2) is 0 Å². The summed E-state index contributed by atoms with van der Waals surface area (Å²) in [5.41, 5.74) is 0. The molecular formula is C10H21N3O3S. The largest absolute Gasteiger partial charge is 0.355 e. The highest BCUT2D eigenvalue weighted by molar-refractivity contribution is 7.87. The van der Waals surface area contributed by atoms with Gasteiger partial charge in [0, 0.05) is 33.1 Å². The van der Waals surface area contributed by atoms with Crippen molar-refractivity contribution < 1.29 is 13.2 Å². The Balaban J connectivity index is 2.37. The SMILES string of the molecule is CC(=O)NCCNS(=O)(=O)N1CCC[C@@H](C)C1. The Bertz CT molecular complexity index is 356. The summed E-state index contributed by atoms with van der Waals surface area (Å²) in [5, 5.41) is 2.55. The van der Waals surface area contributed by atoms with Crippen molar-refractivity contribution in [3.63, 3.8) is 0 Å². The Labute approximate surface area is 103 Å². The standard InChI is InChI=1S/C10H21N3O3S/c1-9-4-3-7-13(8-9)17(15,16)12-6-5-11-10(2)14/h9,12H,3-8H2,1-2H3,(H,11,14)/t9-/m1/s1. The summed E-state index contributed by atoms with van der Waals surface area (Å²) < 4.78 is 27.7. The first-order valence-corrected chi connectivity index (χ1v) is 7.35. The molecule has 17 heavy (non-hydrogen) atoms. The van der Waals surface area contributed by atoms with Crippen molar-refractivity contribution in [1.29, 1.82) is 0 Å². The molecule has 2 N–H and O–H groups in total. The van der Waals surface area contributed by atoms with Gasteiger partial charge in [0.1, 0.15) is 0 Å². The van der Waals surface area contributed by atoms with E-state index in [1.54, 1.807) is 0 Å². The van der Waals surface area contributed by atoms with Crippen LogP contribution in [0.2, 0.25) is 0 Å². The fourth-order valence-electron chi connectivity index (χ4n) is 1.87. The predicted molar refractivity (Wildman–Crippen MR) is 65.6 cm³/mol. The van der Waals surface area contributed by atoms with Crippen molar-refractivity contribution in [3.05, 3.63) is 0 Å². The summed E-state index contributed by atoms with van der Waals surface area (Å²) >= 11 is 0. The van der Waals surface area contributed by atoms with Crippen LogP contribution in [0.1, 0.15) is 26.7 Å². The molecule has 1 saturated heterocycles. The summed E-state index contributed by atoms with van der Waals surface area (Å²) in [6.45, 7) is 5.17. The molecule has 1 aliphatic heterocycles. The van der Waals surface area contributed by atoms with Crippen LogP contribution < -0.4 is 10.0 Å². The zero-order valence-electron chi connectivity index (χ0n) is 10.4. The summed E-state index contributed by atoms with van der Waals surface area (Å²) in [4.78, 5) is 10.6. The Kier molecular flexibility index (Phi) is 5.35. The van der Waals surface area contributed by atoms with Crippen molar-refractivity contribution in [1.82, 2.24) is 14.3 Å². The van der Waals surface area contributed by atoms with Gasteiger partial charge in [0.2, 0.25) is 5.91 Å². The molecule has 0 unspecified atom stereocenters. The van der Waals surface area contributed by atoms with Gasteiger partial charge in [-0.05, 0) is 18.8 Å². The van der Waals surface area contributed by atoms with Gasteiger partial charge in [0.25, 0.3) is 10.2 Å². The first-order valence-electron chi connectivity index (χ1n) is 5.91. The first kappa shape index (κ1) is 14.4. The molecule has 0 aromatic heterocycles. The highest BCUT2D eigenvalue weighted by Gasteiger charge is 2.26. The second-order valence-electron chi connectivity index (χ2n) is 4.49. The van der Waals surface area contributed by atoms with E-state index in [1.165, 1.54) is 11.2 Å². The maximum atomic E-state index is 11.9. The van der Waals surface area contributed by atoms with E-state index >= 15 is 0 Å². The number of carbonyl (C=O) groups excluding carboxylic acids is 1. The van der Waals surface area contributed by atoms with Gasteiger partial charge in [-0.2, -0.15) is 12.7 Å². The third kappa shape index (κ3) is 5.01. The Morgan fingerprint density at radius 1 is 1.41 bits per heavy atom. The number of hydrogen-bond donors (Lipinski definition) is 2. The lowest BCUT2D eigenvalue weighted by molar-refractivity contribution is -0.118. The quantitative estimate of drug-likeness (QED) is 0.668. The van der Waals surface area contributed by atoms with Gasteiger partial charge in [-0.3, -0.25) is 4.79 Å². The molecule has 0 radical (unpaired) electrons. The summed E-state index contributed by atoms with van der Waals surface area (Å²) in [7, 11) is -3.38. The van der Waals surface area contributed by atoms with E-state index in [-0.39, 0.29) is 12.5 Å². The Morgan fingerprint density at radius 3 is 2.71 bits per heavy atom. The van der Waals surface area contributed by atoms with Crippen LogP contribution in [0.25, 0.3) is 0 Å². The van der Waals surface area contributed by atoms with E-state index in [2.05, 4.69) is 17.0 Å². The fourth-order valence-corrected chi connectivity index (χ4v) is 3.24. The second-order valence-corrected chi connectivity index (χ2v) is 6.24. The molecule has 0 aromatic carbocycles. The molecule has 1 fully saturated rings. The zero-order valence-corrected chi connectivity index (χ0v) is 11.2. The number of amides is 1. The van der Waals surface area contributed by atoms with Crippen LogP contribution in [0.3, 0.4) is 0 Å².